The number of hydrogen-bond donors (Lipinski definition) is 2. The molecule has 0 unspecified atom stereocenters. The molecule has 86 valence electrons. The molecule has 1 saturated heterocycles. The van der Waals surface area contributed by atoms with Crippen molar-refractivity contribution in [2.45, 2.75) is 45.0 Å². The first kappa shape index (κ1) is 11.1. The summed E-state index contributed by atoms with van der Waals surface area (Å²) in [6, 6.07) is 0. The summed E-state index contributed by atoms with van der Waals surface area (Å²) in [6.07, 6.45) is 2.24. The predicted molar refractivity (Wildman–Crippen MR) is 57.4 cm³/mol. The maximum absolute atomic E-state index is 10.1. The highest BCUT2D eigenvalue weighted by molar-refractivity contribution is 5.27. The highest BCUT2D eigenvalue weighted by Crippen LogP contribution is 2.45. The van der Waals surface area contributed by atoms with Gasteiger partial charge in [0.1, 0.15) is 0 Å². The van der Waals surface area contributed by atoms with Crippen molar-refractivity contribution in [1.82, 2.24) is 0 Å². The fourth-order valence-electron chi connectivity index (χ4n) is 2.95. The molecule has 0 spiro atoms. The quantitative estimate of drug-likeness (QED) is 0.674. The van der Waals surface area contributed by atoms with Gasteiger partial charge in [0.05, 0.1) is 24.4 Å². The normalized spacial score (nSPS) is 44.7. The molecular formula is C12H20O3. The maximum Gasteiger partial charge on any atom is 0.0919 e. The average Bonchev–Trinajstić information content (AvgIpc) is 2.36. The summed E-state index contributed by atoms with van der Waals surface area (Å²) in [5.41, 5.74) is 0.485. The Balaban J connectivity index is 2.27. The lowest BCUT2D eigenvalue weighted by Gasteiger charge is -2.42. The van der Waals surface area contributed by atoms with Crippen molar-refractivity contribution in [3.05, 3.63) is 11.6 Å². The van der Waals surface area contributed by atoms with Gasteiger partial charge in [0.2, 0.25) is 0 Å². The highest BCUT2D eigenvalue weighted by atomic mass is 16.5. The Labute approximate surface area is 90.8 Å². The highest BCUT2D eigenvalue weighted by Gasteiger charge is 2.50. The van der Waals surface area contributed by atoms with Gasteiger partial charge in [-0.25, -0.2) is 0 Å². The molecule has 0 aromatic carbocycles. The Morgan fingerprint density at radius 1 is 1.60 bits per heavy atom. The van der Waals surface area contributed by atoms with Gasteiger partial charge in [-0.1, -0.05) is 19.9 Å². The maximum atomic E-state index is 10.1. The largest absolute Gasteiger partial charge is 0.393 e. The Bertz CT molecular complexity index is 285. The van der Waals surface area contributed by atoms with Crippen LogP contribution in [0.5, 0.6) is 0 Å². The van der Waals surface area contributed by atoms with E-state index < -0.39 is 5.60 Å². The summed E-state index contributed by atoms with van der Waals surface area (Å²) < 4.78 is 5.92. The Morgan fingerprint density at radius 2 is 2.27 bits per heavy atom. The topological polar surface area (TPSA) is 49.7 Å². The van der Waals surface area contributed by atoms with Crippen LogP contribution in [0.25, 0.3) is 0 Å². The number of aliphatic hydroxyl groups excluding tert-OH is 2. The van der Waals surface area contributed by atoms with Crippen LogP contribution in [0.1, 0.15) is 27.2 Å². The number of rotatable bonds is 2. The number of hydrogen-bond acceptors (Lipinski definition) is 3. The molecule has 0 aromatic heterocycles. The molecule has 2 heterocycles. The van der Waals surface area contributed by atoms with Crippen molar-refractivity contribution in [2.24, 2.45) is 11.8 Å². The van der Waals surface area contributed by atoms with Crippen LogP contribution in [0, 0.1) is 11.8 Å². The second-order valence-corrected chi connectivity index (χ2v) is 5.26. The van der Waals surface area contributed by atoms with Gasteiger partial charge in [-0.15, -0.1) is 0 Å². The Kier molecular flexibility index (Phi) is 2.65. The van der Waals surface area contributed by atoms with Gasteiger partial charge in [0, 0.05) is 12.3 Å². The van der Waals surface area contributed by atoms with Crippen LogP contribution in [0.2, 0.25) is 0 Å². The minimum absolute atomic E-state index is 0.0269. The van der Waals surface area contributed by atoms with E-state index in [-0.39, 0.29) is 24.7 Å². The van der Waals surface area contributed by atoms with Crippen LogP contribution in [-0.2, 0) is 4.74 Å². The SMILES string of the molecule is CC(C)[C@@H]1[C@H](O)C[C@@]2(C)O[C@@H]1C=C2CO. The molecule has 2 N–H and O–H groups in total. The lowest BCUT2D eigenvalue weighted by molar-refractivity contribution is -0.147. The molecule has 2 aliphatic heterocycles. The van der Waals surface area contributed by atoms with Crippen molar-refractivity contribution in [3.8, 4) is 0 Å². The zero-order chi connectivity index (χ0) is 11.2. The summed E-state index contributed by atoms with van der Waals surface area (Å²) in [5.74, 6) is 0.547. The van der Waals surface area contributed by atoms with E-state index in [2.05, 4.69) is 13.8 Å². The van der Waals surface area contributed by atoms with Crippen LogP contribution in [0.3, 0.4) is 0 Å². The molecule has 2 aliphatic rings. The lowest BCUT2D eigenvalue weighted by Crippen LogP contribution is -2.48. The van der Waals surface area contributed by atoms with Crippen molar-refractivity contribution in [1.29, 1.82) is 0 Å². The summed E-state index contributed by atoms with van der Waals surface area (Å²) >= 11 is 0. The fraction of sp³-hybridized carbons (Fsp3) is 0.833. The van der Waals surface area contributed by atoms with Crippen molar-refractivity contribution < 1.29 is 14.9 Å². The average molecular weight is 212 g/mol. The summed E-state index contributed by atoms with van der Waals surface area (Å²) in [7, 11) is 0. The summed E-state index contributed by atoms with van der Waals surface area (Å²) in [6.45, 7) is 6.19. The summed E-state index contributed by atoms with van der Waals surface area (Å²) in [5, 5.41) is 19.4. The molecule has 4 atom stereocenters. The first-order valence-corrected chi connectivity index (χ1v) is 5.66. The number of aliphatic hydroxyl groups is 2. The van der Waals surface area contributed by atoms with Gasteiger partial charge >= 0.3 is 0 Å². The molecule has 0 radical (unpaired) electrons. The Hall–Kier alpha value is -0.380. The number of fused-ring (bicyclic) bond motifs is 2. The smallest absolute Gasteiger partial charge is 0.0919 e. The molecule has 3 nitrogen and oxygen atoms in total. The van der Waals surface area contributed by atoms with Crippen LogP contribution < -0.4 is 0 Å². The monoisotopic (exact) mass is 212 g/mol. The minimum Gasteiger partial charge on any atom is -0.393 e. The standard InChI is InChI=1S/C12H20O3/c1-7(2)11-9(14)5-12(3)8(6-13)4-10(11)15-12/h4,7,9-11,13-14H,5-6H2,1-3H3/t9-,10-,11-,12-/m1/s1. The van der Waals surface area contributed by atoms with E-state index in [1.165, 1.54) is 0 Å². The van der Waals surface area contributed by atoms with Crippen molar-refractivity contribution >= 4 is 0 Å². The second-order valence-electron chi connectivity index (χ2n) is 5.26. The van der Waals surface area contributed by atoms with Gasteiger partial charge in [-0.05, 0) is 18.4 Å². The molecule has 2 rings (SSSR count). The first-order chi connectivity index (χ1) is 6.98. The predicted octanol–water partition coefficient (Wildman–Crippen LogP) is 1.10. The van der Waals surface area contributed by atoms with Crippen LogP contribution >= 0.6 is 0 Å². The molecule has 0 saturated carbocycles. The minimum atomic E-state index is -0.440. The molecule has 3 heteroatoms. The number of ether oxygens (including phenoxy) is 1. The first-order valence-electron chi connectivity index (χ1n) is 5.66. The lowest BCUT2D eigenvalue weighted by atomic mass is 9.80. The van der Waals surface area contributed by atoms with Crippen LogP contribution in [0.15, 0.2) is 11.6 Å². The third-order valence-electron chi connectivity index (χ3n) is 3.80. The van der Waals surface area contributed by atoms with E-state index in [1.807, 2.05) is 13.0 Å². The third kappa shape index (κ3) is 1.63. The molecule has 15 heavy (non-hydrogen) atoms. The molecule has 0 aromatic rings. The van der Waals surface area contributed by atoms with E-state index in [4.69, 9.17) is 4.74 Å². The molecule has 0 aliphatic carbocycles. The molecule has 0 amide bonds. The van der Waals surface area contributed by atoms with Crippen molar-refractivity contribution in [2.75, 3.05) is 6.61 Å². The molecular weight excluding hydrogens is 192 g/mol. The van der Waals surface area contributed by atoms with Gasteiger partial charge < -0.3 is 14.9 Å². The van der Waals surface area contributed by atoms with Crippen molar-refractivity contribution in [3.63, 3.8) is 0 Å². The van der Waals surface area contributed by atoms with E-state index in [9.17, 15) is 10.2 Å². The van der Waals surface area contributed by atoms with Crippen LogP contribution in [-0.4, -0.2) is 34.6 Å². The van der Waals surface area contributed by atoms with E-state index >= 15 is 0 Å². The zero-order valence-electron chi connectivity index (χ0n) is 9.60. The Morgan fingerprint density at radius 3 is 2.80 bits per heavy atom. The molecule has 1 fully saturated rings. The fourth-order valence-corrected chi connectivity index (χ4v) is 2.95. The van der Waals surface area contributed by atoms with E-state index in [0.717, 1.165) is 5.57 Å². The van der Waals surface area contributed by atoms with E-state index in [1.54, 1.807) is 0 Å². The zero-order valence-corrected chi connectivity index (χ0v) is 9.60. The van der Waals surface area contributed by atoms with Gasteiger partial charge in [0.25, 0.3) is 0 Å². The van der Waals surface area contributed by atoms with Crippen LogP contribution in [0.4, 0.5) is 0 Å². The van der Waals surface area contributed by atoms with E-state index in [0.29, 0.717) is 12.3 Å². The van der Waals surface area contributed by atoms with Gasteiger partial charge in [-0.2, -0.15) is 0 Å². The van der Waals surface area contributed by atoms with Gasteiger partial charge in [-0.3, -0.25) is 0 Å². The second kappa shape index (κ2) is 3.58. The molecule has 2 bridgehead atoms. The third-order valence-corrected chi connectivity index (χ3v) is 3.80. The summed E-state index contributed by atoms with van der Waals surface area (Å²) in [4.78, 5) is 0. The van der Waals surface area contributed by atoms with Gasteiger partial charge in [0.15, 0.2) is 0 Å².